The van der Waals surface area contributed by atoms with Crippen molar-refractivity contribution in [3.63, 3.8) is 0 Å². The van der Waals surface area contributed by atoms with E-state index in [1.807, 2.05) is 42.6 Å². The summed E-state index contributed by atoms with van der Waals surface area (Å²) in [6.07, 6.45) is 1.60. The molecule has 1 unspecified atom stereocenters. The maximum atomic E-state index is 12.8. The van der Waals surface area contributed by atoms with Crippen LogP contribution >= 0.6 is 11.3 Å². The molecular formula is C21H25NO4S. The summed E-state index contributed by atoms with van der Waals surface area (Å²) in [5, 5.41) is 1.95. The van der Waals surface area contributed by atoms with E-state index in [4.69, 9.17) is 9.47 Å². The summed E-state index contributed by atoms with van der Waals surface area (Å²) in [4.78, 5) is 27.2. The highest BCUT2D eigenvalue weighted by Crippen LogP contribution is 2.24. The minimum Gasteiger partial charge on any atom is -0.489 e. The maximum Gasteiger partial charge on any atom is 0.310 e. The fraction of sp³-hybridized carbons (Fsp3) is 0.429. The molecule has 144 valence electrons. The number of thiophene rings is 1. The van der Waals surface area contributed by atoms with Gasteiger partial charge in [-0.2, -0.15) is 0 Å². The highest BCUT2D eigenvalue weighted by molar-refractivity contribution is 7.12. The first-order chi connectivity index (χ1) is 13.1. The van der Waals surface area contributed by atoms with Gasteiger partial charge in [-0.1, -0.05) is 12.1 Å². The quantitative estimate of drug-likeness (QED) is 0.702. The van der Waals surface area contributed by atoms with Crippen molar-refractivity contribution in [1.29, 1.82) is 0 Å². The number of hydrogen-bond donors (Lipinski definition) is 0. The zero-order valence-electron chi connectivity index (χ0n) is 15.8. The van der Waals surface area contributed by atoms with Crippen LogP contribution in [0.2, 0.25) is 0 Å². The third kappa shape index (κ3) is 5.10. The van der Waals surface area contributed by atoms with E-state index >= 15 is 0 Å². The molecule has 1 aliphatic rings. The zero-order chi connectivity index (χ0) is 19.2. The molecule has 0 N–H and O–H groups in total. The van der Waals surface area contributed by atoms with Crippen LogP contribution in [0.25, 0.3) is 0 Å². The van der Waals surface area contributed by atoms with Crippen LogP contribution in [0, 0.1) is 12.8 Å². The largest absolute Gasteiger partial charge is 0.489 e. The first kappa shape index (κ1) is 19.4. The Morgan fingerprint density at radius 2 is 2.15 bits per heavy atom. The van der Waals surface area contributed by atoms with Crippen molar-refractivity contribution in [3.05, 3.63) is 51.7 Å². The molecule has 1 amide bonds. The zero-order valence-corrected chi connectivity index (χ0v) is 16.6. The fourth-order valence-electron chi connectivity index (χ4n) is 3.21. The van der Waals surface area contributed by atoms with E-state index < -0.39 is 0 Å². The first-order valence-corrected chi connectivity index (χ1v) is 10.2. The van der Waals surface area contributed by atoms with Gasteiger partial charge in [0.05, 0.1) is 17.4 Å². The summed E-state index contributed by atoms with van der Waals surface area (Å²) in [5.74, 6) is 0.387. The average molecular weight is 388 g/mol. The SMILES string of the molecule is CCOC(=O)C1CCCN(C(=O)c2cc(COc3cccc(C)c3)cs2)C1. The van der Waals surface area contributed by atoms with E-state index in [2.05, 4.69) is 0 Å². The molecule has 1 aromatic heterocycles. The number of ether oxygens (including phenoxy) is 2. The van der Waals surface area contributed by atoms with Gasteiger partial charge in [0, 0.05) is 18.7 Å². The average Bonchev–Trinajstić information content (AvgIpc) is 3.15. The van der Waals surface area contributed by atoms with Crippen molar-refractivity contribution in [2.45, 2.75) is 33.3 Å². The van der Waals surface area contributed by atoms with Crippen LogP contribution in [0.3, 0.4) is 0 Å². The number of piperidine rings is 1. The normalized spacial score (nSPS) is 16.8. The van der Waals surface area contributed by atoms with Gasteiger partial charge in [-0.3, -0.25) is 9.59 Å². The topological polar surface area (TPSA) is 55.8 Å². The highest BCUT2D eigenvalue weighted by atomic mass is 32.1. The van der Waals surface area contributed by atoms with Gasteiger partial charge >= 0.3 is 5.97 Å². The number of esters is 1. The summed E-state index contributed by atoms with van der Waals surface area (Å²) in [7, 11) is 0. The second kappa shape index (κ2) is 9.04. The van der Waals surface area contributed by atoms with Crippen LogP contribution in [0.5, 0.6) is 5.75 Å². The number of carbonyl (C=O) groups excluding carboxylic acids is 2. The Hall–Kier alpha value is -2.34. The van der Waals surface area contributed by atoms with Crippen molar-refractivity contribution in [1.82, 2.24) is 4.90 Å². The Bertz CT molecular complexity index is 801. The standard InChI is InChI=1S/C21H25NO4S/c1-3-25-21(24)17-7-5-9-22(12-17)20(23)19-11-16(14-27-19)13-26-18-8-4-6-15(2)10-18/h4,6,8,10-11,14,17H,3,5,7,9,12-13H2,1-2H3. The minimum absolute atomic E-state index is 0.0178. The molecule has 1 aromatic carbocycles. The number of carbonyl (C=O) groups is 2. The number of likely N-dealkylation sites (tertiary alicyclic amines) is 1. The van der Waals surface area contributed by atoms with E-state index in [0.717, 1.165) is 29.7 Å². The molecule has 2 heterocycles. The molecule has 1 aliphatic heterocycles. The lowest BCUT2D eigenvalue weighted by atomic mass is 9.98. The van der Waals surface area contributed by atoms with Crippen molar-refractivity contribution in [2.75, 3.05) is 19.7 Å². The Kier molecular flexibility index (Phi) is 6.50. The number of benzene rings is 1. The van der Waals surface area contributed by atoms with Crippen molar-refractivity contribution >= 4 is 23.2 Å². The van der Waals surface area contributed by atoms with E-state index in [1.54, 1.807) is 11.8 Å². The molecule has 0 radical (unpaired) electrons. The number of hydrogen-bond acceptors (Lipinski definition) is 5. The molecule has 2 aromatic rings. The second-order valence-corrected chi connectivity index (χ2v) is 7.68. The van der Waals surface area contributed by atoms with Gasteiger partial charge in [-0.05, 0) is 55.8 Å². The van der Waals surface area contributed by atoms with Gasteiger partial charge in [0.2, 0.25) is 0 Å². The predicted octanol–water partition coefficient (Wildman–Crippen LogP) is 4.05. The molecule has 1 atom stereocenters. The molecule has 0 aliphatic carbocycles. The van der Waals surface area contributed by atoms with Gasteiger partial charge in [0.1, 0.15) is 12.4 Å². The van der Waals surface area contributed by atoms with Gasteiger partial charge in [-0.15, -0.1) is 11.3 Å². The van der Waals surface area contributed by atoms with E-state index in [1.165, 1.54) is 11.3 Å². The Balaban J connectivity index is 1.58. The van der Waals surface area contributed by atoms with Crippen molar-refractivity contribution < 1.29 is 19.1 Å². The highest BCUT2D eigenvalue weighted by Gasteiger charge is 2.30. The molecule has 0 bridgehead atoms. The number of rotatable bonds is 6. The van der Waals surface area contributed by atoms with Crippen molar-refractivity contribution in [2.24, 2.45) is 5.92 Å². The summed E-state index contributed by atoms with van der Waals surface area (Å²) in [6, 6.07) is 9.78. The lowest BCUT2D eigenvalue weighted by Gasteiger charge is -2.31. The number of aryl methyl sites for hydroxylation is 1. The molecule has 0 saturated carbocycles. The van der Waals surface area contributed by atoms with E-state index in [0.29, 0.717) is 31.2 Å². The maximum absolute atomic E-state index is 12.8. The van der Waals surface area contributed by atoms with Gasteiger partial charge in [-0.25, -0.2) is 0 Å². The van der Waals surface area contributed by atoms with Crippen LogP contribution in [0.1, 0.15) is 40.6 Å². The molecule has 5 nitrogen and oxygen atoms in total. The predicted molar refractivity (Wildman–Crippen MR) is 105 cm³/mol. The fourth-order valence-corrected chi connectivity index (χ4v) is 4.07. The van der Waals surface area contributed by atoms with E-state index in [-0.39, 0.29) is 17.8 Å². The Labute approximate surface area is 163 Å². The van der Waals surface area contributed by atoms with Crippen LogP contribution in [0.4, 0.5) is 0 Å². The molecule has 0 spiro atoms. The van der Waals surface area contributed by atoms with Crippen LogP contribution in [-0.2, 0) is 16.1 Å². The minimum atomic E-state index is -0.216. The lowest BCUT2D eigenvalue weighted by Crippen LogP contribution is -2.42. The molecule has 3 rings (SSSR count). The van der Waals surface area contributed by atoms with E-state index in [9.17, 15) is 9.59 Å². The molecule has 1 saturated heterocycles. The summed E-state index contributed by atoms with van der Waals surface area (Å²) in [6.45, 7) is 5.75. The summed E-state index contributed by atoms with van der Waals surface area (Å²) in [5.41, 5.74) is 2.12. The Morgan fingerprint density at radius 3 is 2.93 bits per heavy atom. The first-order valence-electron chi connectivity index (χ1n) is 9.29. The summed E-state index contributed by atoms with van der Waals surface area (Å²) < 4.78 is 10.9. The second-order valence-electron chi connectivity index (χ2n) is 6.77. The van der Waals surface area contributed by atoms with Gasteiger partial charge < -0.3 is 14.4 Å². The lowest BCUT2D eigenvalue weighted by molar-refractivity contribution is -0.149. The third-order valence-corrected chi connectivity index (χ3v) is 5.56. The molecule has 6 heteroatoms. The number of amides is 1. The Morgan fingerprint density at radius 1 is 1.30 bits per heavy atom. The van der Waals surface area contributed by atoms with Crippen LogP contribution in [-0.4, -0.2) is 36.5 Å². The van der Waals surface area contributed by atoms with Gasteiger partial charge in [0.15, 0.2) is 0 Å². The summed E-state index contributed by atoms with van der Waals surface area (Å²) >= 11 is 1.42. The third-order valence-electron chi connectivity index (χ3n) is 4.59. The number of nitrogens with zero attached hydrogens (tertiary/aromatic N) is 1. The van der Waals surface area contributed by atoms with Crippen LogP contribution in [0.15, 0.2) is 35.7 Å². The molecule has 27 heavy (non-hydrogen) atoms. The smallest absolute Gasteiger partial charge is 0.310 e. The molecular weight excluding hydrogens is 362 g/mol. The van der Waals surface area contributed by atoms with Gasteiger partial charge in [0.25, 0.3) is 5.91 Å². The van der Waals surface area contributed by atoms with Crippen LogP contribution < -0.4 is 4.74 Å². The molecule has 1 fully saturated rings. The van der Waals surface area contributed by atoms with Crippen molar-refractivity contribution in [3.8, 4) is 5.75 Å². The monoisotopic (exact) mass is 387 g/mol.